The second-order valence-corrected chi connectivity index (χ2v) is 5.10. The number of thioether (sulfide) groups is 1. The summed E-state index contributed by atoms with van der Waals surface area (Å²) < 4.78 is 9.37. The average Bonchev–Trinajstić information content (AvgIpc) is 2.95. The fourth-order valence-corrected chi connectivity index (χ4v) is 2.43. The molecule has 1 atom stereocenters. The molecule has 1 amide bonds. The SMILES string of the molecule is CNC1=CNC(NC(=O)c2ccccc2OC(=O)OC)S1. The lowest BCUT2D eigenvalue weighted by Crippen LogP contribution is -2.38. The predicted octanol–water partition coefficient (Wildman–Crippen LogP) is 1.20. The molecule has 2 rings (SSSR count). The third-order valence-electron chi connectivity index (χ3n) is 2.61. The number of rotatable bonds is 4. The molecule has 1 aromatic carbocycles. The van der Waals surface area contributed by atoms with Gasteiger partial charge in [0.2, 0.25) is 0 Å². The zero-order chi connectivity index (χ0) is 15.2. The van der Waals surface area contributed by atoms with Crippen molar-refractivity contribution in [2.75, 3.05) is 14.2 Å². The first kappa shape index (κ1) is 15.0. The second-order valence-electron chi connectivity index (χ2n) is 3.95. The highest BCUT2D eigenvalue weighted by Crippen LogP contribution is 2.23. The molecule has 0 radical (unpaired) electrons. The van der Waals surface area contributed by atoms with E-state index in [-0.39, 0.29) is 22.7 Å². The molecule has 0 saturated carbocycles. The normalized spacial score (nSPS) is 16.5. The zero-order valence-corrected chi connectivity index (χ0v) is 12.3. The van der Waals surface area contributed by atoms with E-state index in [0.717, 1.165) is 5.03 Å². The molecule has 0 aromatic heterocycles. The van der Waals surface area contributed by atoms with Gasteiger partial charge in [0.05, 0.1) is 17.7 Å². The Morgan fingerprint density at radius 3 is 2.76 bits per heavy atom. The highest BCUT2D eigenvalue weighted by molar-refractivity contribution is 8.03. The minimum atomic E-state index is -0.872. The number of carbonyl (C=O) groups excluding carboxylic acids is 2. The molecule has 21 heavy (non-hydrogen) atoms. The number of para-hydroxylation sites is 1. The molecule has 0 saturated heterocycles. The molecule has 1 aromatic rings. The summed E-state index contributed by atoms with van der Waals surface area (Å²) in [6, 6.07) is 6.45. The van der Waals surface area contributed by atoms with E-state index in [1.54, 1.807) is 31.4 Å². The van der Waals surface area contributed by atoms with Crippen LogP contribution in [0.1, 0.15) is 10.4 Å². The van der Waals surface area contributed by atoms with Crippen molar-refractivity contribution in [3.63, 3.8) is 0 Å². The van der Waals surface area contributed by atoms with Crippen LogP contribution in [-0.4, -0.2) is 31.7 Å². The van der Waals surface area contributed by atoms with Crippen LogP contribution >= 0.6 is 11.8 Å². The number of hydrogen-bond acceptors (Lipinski definition) is 7. The summed E-state index contributed by atoms with van der Waals surface area (Å²) in [6.07, 6.45) is 0.898. The molecular formula is C13H15N3O4S. The molecular weight excluding hydrogens is 294 g/mol. The van der Waals surface area contributed by atoms with E-state index in [0.29, 0.717) is 0 Å². The fourth-order valence-electron chi connectivity index (χ4n) is 1.62. The standard InChI is InChI=1S/C13H15N3O4S/c1-14-10-7-15-12(21-10)16-11(17)8-5-3-4-6-9(8)20-13(18)19-2/h3-7,12,14-15H,1-2H3,(H,16,17). The van der Waals surface area contributed by atoms with Crippen molar-refractivity contribution in [1.82, 2.24) is 16.0 Å². The van der Waals surface area contributed by atoms with Crippen LogP contribution in [-0.2, 0) is 4.74 Å². The Bertz CT molecular complexity index is 576. The van der Waals surface area contributed by atoms with E-state index in [1.807, 2.05) is 0 Å². The molecule has 3 N–H and O–H groups in total. The van der Waals surface area contributed by atoms with E-state index in [1.165, 1.54) is 24.9 Å². The molecule has 0 fully saturated rings. The number of carbonyl (C=O) groups is 2. The van der Waals surface area contributed by atoms with Gasteiger partial charge in [0, 0.05) is 13.2 Å². The summed E-state index contributed by atoms with van der Waals surface area (Å²) in [4.78, 5) is 23.4. The molecule has 1 aliphatic rings. The van der Waals surface area contributed by atoms with E-state index in [2.05, 4.69) is 20.7 Å². The topological polar surface area (TPSA) is 88.7 Å². The van der Waals surface area contributed by atoms with E-state index in [9.17, 15) is 9.59 Å². The van der Waals surface area contributed by atoms with Gasteiger partial charge in [0.1, 0.15) is 5.75 Å². The van der Waals surface area contributed by atoms with Gasteiger partial charge in [-0.25, -0.2) is 4.79 Å². The molecule has 1 aliphatic heterocycles. The van der Waals surface area contributed by atoms with Crippen LogP contribution in [0.15, 0.2) is 35.5 Å². The maximum atomic E-state index is 12.2. The average molecular weight is 309 g/mol. The monoisotopic (exact) mass is 309 g/mol. The second kappa shape index (κ2) is 6.89. The first-order valence-electron chi connectivity index (χ1n) is 6.10. The smallest absolute Gasteiger partial charge is 0.437 e. The molecule has 1 unspecified atom stereocenters. The van der Waals surface area contributed by atoms with Crippen LogP contribution in [0.25, 0.3) is 0 Å². The molecule has 7 nitrogen and oxygen atoms in total. The van der Waals surface area contributed by atoms with Gasteiger partial charge in [-0.05, 0) is 12.1 Å². The quantitative estimate of drug-likeness (QED) is 0.569. The summed E-state index contributed by atoms with van der Waals surface area (Å²) in [7, 11) is 3.00. The lowest BCUT2D eigenvalue weighted by molar-refractivity contribution is 0.0941. The Labute approximate surface area is 126 Å². The minimum absolute atomic E-state index is 0.145. The van der Waals surface area contributed by atoms with Gasteiger partial charge >= 0.3 is 6.16 Å². The Kier molecular flexibility index (Phi) is 4.94. The van der Waals surface area contributed by atoms with Gasteiger partial charge in [-0.3, -0.25) is 4.79 Å². The number of methoxy groups -OCH3 is 1. The zero-order valence-electron chi connectivity index (χ0n) is 11.5. The van der Waals surface area contributed by atoms with Gasteiger partial charge in [-0.1, -0.05) is 23.9 Å². The number of ether oxygens (including phenoxy) is 2. The Balaban J connectivity index is 2.04. The highest BCUT2D eigenvalue weighted by atomic mass is 32.2. The summed E-state index contributed by atoms with van der Waals surface area (Å²) in [6.45, 7) is 0. The van der Waals surface area contributed by atoms with E-state index in [4.69, 9.17) is 4.74 Å². The van der Waals surface area contributed by atoms with Gasteiger partial charge in [-0.15, -0.1) is 0 Å². The van der Waals surface area contributed by atoms with Crippen LogP contribution in [0, 0.1) is 0 Å². The maximum absolute atomic E-state index is 12.2. The Morgan fingerprint density at radius 2 is 2.10 bits per heavy atom. The van der Waals surface area contributed by atoms with Crippen molar-refractivity contribution in [1.29, 1.82) is 0 Å². The van der Waals surface area contributed by atoms with Crippen molar-refractivity contribution in [2.45, 2.75) is 5.50 Å². The van der Waals surface area contributed by atoms with E-state index < -0.39 is 6.16 Å². The van der Waals surface area contributed by atoms with Crippen LogP contribution in [0.5, 0.6) is 5.75 Å². The molecule has 1 heterocycles. The number of nitrogens with one attached hydrogen (secondary N) is 3. The maximum Gasteiger partial charge on any atom is 0.513 e. The van der Waals surface area contributed by atoms with Crippen molar-refractivity contribution in [3.05, 3.63) is 41.1 Å². The fraction of sp³-hybridized carbons (Fsp3) is 0.231. The molecule has 0 aliphatic carbocycles. The molecule has 8 heteroatoms. The third-order valence-corrected chi connectivity index (χ3v) is 3.68. The third kappa shape index (κ3) is 3.82. The minimum Gasteiger partial charge on any atom is -0.437 e. The number of hydrogen-bond donors (Lipinski definition) is 3. The van der Waals surface area contributed by atoms with E-state index >= 15 is 0 Å². The van der Waals surface area contributed by atoms with Crippen molar-refractivity contribution in [2.24, 2.45) is 0 Å². The summed E-state index contributed by atoms with van der Waals surface area (Å²) in [5, 5.41) is 9.68. The van der Waals surface area contributed by atoms with Crippen molar-refractivity contribution >= 4 is 23.8 Å². The van der Waals surface area contributed by atoms with Gasteiger partial charge in [-0.2, -0.15) is 0 Å². The largest absolute Gasteiger partial charge is 0.513 e. The first-order chi connectivity index (χ1) is 10.1. The summed E-state index contributed by atoms with van der Waals surface area (Å²) in [5.74, 6) is -0.211. The Hall–Kier alpha value is -2.35. The number of amides is 1. The van der Waals surface area contributed by atoms with Gasteiger partial charge < -0.3 is 25.4 Å². The van der Waals surface area contributed by atoms with Crippen LogP contribution in [0.2, 0.25) is 0 Å². The van der Waals surface area contributed by atoms with Crippen LogP contribution < -0.4 is 20.7 Å². The molecule has 0 bridgehead atoms. The van der Waals surface area contributed by atoms with Crippen molar-refractivity contribution < 1.29 is 19.1 Å². The molecule has 0 spiro atoms. The summed E-state index contributed by atoms with van der Waals surface area (Å²) >= 11 is 1.43. The first-order valence-corrected chi connectivity index (χ1v) is 6.98. The molecule has 112 valence electrons. The van der Waals surface area contributed by atoms with Crippen LogP contribution in [0.3, 0.4) is 0 Å². The number of benzene rings is 1. The van der Waals surface area contributed by atoms with Crippen molar-refractivity contribution in [3.8, 4) is 5.75 Å². The Morgan fingerprint density at radius 1 is 1.33 bits per heavy atom. The lowest BCUT2D eigenvalue weighted by atomic mass is 10.2. The summed E-state index contributed by atoms with van der Waals surface area (Å²) in [5.41, 5.74) is -0.0330. The highest BCUT2D eigenvalue weighted by Gasteiger charge is 2.21. The van der Waals surface area contributed by atoms with Crippen LogP contribution in [0.4, 0.5) is 4.79 Å². The lowest BCUT2D eigenvalue weighted by Gasteiger charge is -2.14. The van der Waals surface area contributed by atoms with Gasteiger partial charge in [0.25, 0.3) is 5.91 Å². The predicted molar refractivity (Wildman–Crippen MR) is 78.6 cm³/mol. The van der Waals surface area contributed by atoms with Gasteiger partial charge in [0.15, 0.2) is 5.50 Å².